The summed E-state index contributed by atoms with van der Waals surface area (Å²) in [6, 6.07) is 3.82. The van der Waals surface area contributed by atoms with E-state index in [-0.39, 0.29) is 12.1 Å². The third kappa shape index (κ3) is 3.62. The van der Waals surface area contributed by atoms with Crippen LogP contribution >= 0.6 is 0 Å². The van der Waals surface area contributed by atoms with Gasteiger partial charge in [-0.15, -0.1) is 0 Å². The van der Waals surface area contributed by atoms with E-state index in [4.69, 9.17) is 9.47 Å². The number of nitrogens with zero attached hydrogens (tertiary/aromatic N) is 2. The fourth-order valence-electron chi connectivity index (χ4n) is 1.98. The third-order valence-corrected chi connectivity index (χ3v) is 3.16. The molecule has 1 atom stereocenters. The summed E-state index contributed by atoms with van der Waals surface area (Å²) in [5.41, 5.74) is 0.397. The first kappa shape index (κ1) is 14.6. The first-order valence-corrected chi connectivity index (χ1v) is 6.91. The molecule has 5 nitrogen and oxygen atoms in total. The number of hydrogen-bond acceptors (Lipinski definition) is 4. The molecule has 0 bridgehead atoms. The van der Waals surface area contributed by atoms with E-state index >= 15 is 0 Å². The van der Waals surface area contributed by atoms with Gasteiger partial charge in [0.1, 0.15) is 18.0 Å². The molecule has 0 aliphatic carbocycles. The lowest BCUT2D eigenvalue weighted by Gasteiger charge is -2.41. The van der Waals surface area contributed by atoms with Gasteiger partial charge in [-0.3, -0.25) is 4.98 Å². The minimum atomic E-state index is -0.460. The second kappa shape index (κ2) is 5.69. The summed E-state index contributed by atoms with van der Waals surface area (Å²) in [5, 5.41) is 0. The number of likely N-dealkylation sites (tertiary alicyclic amines) is 1. The molecule has 20 heavy (non-hydrogen) atoms. The van der Waals surface area contributed by atoms with Crippen molar-refractivity contribution in [3.8, 4) is 5.75 Å². The van der Waals surface area contributed by atoms with Gasteiger partial charge in [-0.2, -0.15) is 0 Å². The summed E-state index contributed by atoms with van der Waals surface area (Å²) < 4.78 is 11.1. The largest absolute Gasteiger partial charge is 0.490 e. The Kier molecular flexibility index (Phi) is 4.16. The molecule has 2 heterocycles. The van der Waals surface area contributed by atoms with Crippen molar-refractivity contribution in [2.24, 2.45) is 0 Å². The fourth-order valence-corrected chi connectivity index (χ4v) is 1.98. The predicted molar refractivity (Wildman–Crippen MR) is 75.8 cm³/mol. The predicted octanol–water partition coefficient (Wildman–Crippen LogP) is 2.78. The first-order chi connectivity index (χ1) is 9.37. The summed E-state index contributed by atoms with van der Waals surface area (Å²) in [6.45, 7) is 8.72. The van der Waals surface area contributed by atoms with E-state index in [9.17, 15) is 4.79 Å². The van der Waals surface area contributed by atoms with Crippen molar-refractivity contribution in [2.75, 3.05) is 13.2 Å². The van der Waals surface area contributed by atoms with E-state index in [1.54, 1.807) is 11.1 Å². The van der Waals surface area contributed by atoms with Crippen molar-refractivity contribution in [1.29, 1.82) is 0 Å². The number of ether oxygens (including phenoxy) is 2. The Labute approximate surface area is 119 Å². The first-order valence-electron chi connectivity index (χ1n) is 6.91. The van der Waals surface area contributed by atoms with Crippen molar-refractivity contribution < 1.29 is 14.3 Å². The van der Waals surface area contributed by atoms with Crippen LogP contribution in [-0.2, 0) is 4.74 Å². The van der Waals surface area contributed by atoms with Crippen LogP contribution in [0.25, 0.3) is 0 Å². The normalized spacial score (nSPS) is 18.4. The van der Waals surface area contributed by atoms with E-state index in [0.717, 1.165) is 24.4 Å². The molecule has 0 aromatic carbocycles. The average molecular weight is 278 g/mol. The lowest BCUT2D eigenvalue weighted by atomic mass is 10.1. The zero-order chi connectivity index (χ0) is 14.8. The molecule has 1 aliphatic heterocycles. The Morgan fingerprint density at radius 2 is 2.25 bits per heavy atom. The molecule has 0 saturated carbocycles. The molecule has 1 aromatic heterocycles. The molecule has 0 N–H and O–H groups in total. The maximum absolute atomic E-state index is 12.0. The van der Waals surface area contributed by atoms with Gasteiger partial charge in [0.05, 0.1) is 11.7 Å². The van der Waals surface area contributed by atoms with Crippen LogP contribution in [0.15, 0.2) is 18.3 Å². The van der Waals surface area contributed by atoms with E-state index in [1.165, 1.54) is 0 Å². The number of carbonyl (C=O) groups is 1. The van der Waals surface area contributed by atoms with Gasteiger partial charge >= 0.3 is 6.09 Å². The number of aryl methyl sites for hydroxylation is 1. The molecular weight excluding hydrogens is 256 g/mol. The Bertz CT molecular complexity index is 482. The van der Waals surface area contributed by atoms with Crippen molar-refractivity contribution in [3.63, 3.8) is 0 Å². The number of amides is 1. The minimum Gasteiger partial charge on any atom is -0.490 e. The molecule has 110 valence electrons. The second-order valence-electron chi connectivity index (χ2n) is 6.01. The van der Waals surface area contributed by atoms with Crippen molar-refractivity contribution >= 4 is 6.09 Å². The summed E-state index contributed by atoms with van der Waals surface area (Å²) in [5.74, 6) is 0.767. The van der Waals surface area contributed by atoms with Crippen LogP contribution in [0.1, 0.15) is 32.9 Å². The minimum absolute atomic E-state index is 0.0875. The van der Waals surface area contributed by atoms with Gasteiger partial charge in [0.25, 0.3) is 0 Å². The summed E-state index contributed by atoms with van der Waals surface area (Å²) in [6.07, 6.45) is 2.41. The molecule has 1 fully saturated rings. The molecular formula is C15H22N2O3. The molecule has 0 spiro atoms. The van der Waals surface area contributed by atoms with Crippen molar-refractivity contribution in [3.05, 3.63) is 24.0 Å². The number of rotatable bonds is 3. The highest BCUT2D eigenvalue weighted by Crippen LogP contribution is 2.23. The van der Waals surface area contributed by atoms with Crippen LogP contribution in [0, 0.1) is 6.92 Å². The maximum atomic E-state index is 12.0. The van der Waals surface area contributed by atoms with Crippen LogP contribution in [0.4, 0.5) is 4.79 Å². The van der Waals surface area contributed by atoms with Gasteiger partial charge in [0.15, 0.2) is 0 Å². The fraction of sp³-hybridized carbons (Fsp3) is 0.600. The molecule has 1 aliphatic rings. The van der Waals surface area contributed by atoms with E-state index in [0.29, 0.717) is 6.61 Å². The third-order valence-electron chi connectivity index (χ3n) is 3.16. The Balaban J connectivity index is 1.86. The monoisotopic (exact) mass is 278 g/mol. The highest BCUT2D eigenvalue weighted by Gasteiger charge is 2.35. The van der Waals surface area contributed by atoms with Crippen LogP contribution in [0.5, 0.6) is 5.75 Å². The quantitative estimate of drug-likeness (QED) is 0.853. The molecule has 1 amide bonds. The van der Waals surface area contributed by atoms with Gasteiger partial charge < -0.3 is 14.4 Å². The van der Waals surface area contributed by atoms with E-state index in [1.807, 2.05) is 39.8 Å². The molecule has 0 unspecified atom stereocenters. The van der Waals surface area contributed by atoms with Gasteiger partial charge in [-0.25, -0.2) is 4.79 Å². The maximum Gasteiger partial charge on any atom is 0.410 e. The van der Waals surface area contributed by atoms with Gasteiger partial charge in [-0.1, -0.05) is 0 Å². The molecule has 1 saturated heterocycles. The molecule has 5 heteroatoms. The Morgan fingerprint density at radius 1 is 1.50 bits per heavy atom. The Morgan fingerprint density at radius 3 is 2.80 bits per heavy atom. The molecule has 0 radical (unpaired) electrons. The van der Waals surface area contributed by atoms with Gasteiger partial charge in [0, 0.05) is 12.7 Å². The summed E-state index contributed by atoms with van der Waals surface area (Å²) in [7, 11) is 0. The van der Waals surface area contributed by atoms with E-state index in [2.05, 4.69) is 4.98 Å². The second-order valence-corrected chi connectivity index (χ2v) is 6.01. The molecule has 1 aromatic rings. The highest BCUT2D eigenvalue weighted by atomic mass is 16.6. The Hall–Kier alpha value is -1.78. The summed E-state index contributed by atoms with van der Waals surface area (Å²) >= 11 is 0. The number of aromatic nitrogens is 1. The smallest absolute Gasteiger partial charge is 0.410 e. The van der Waals surface area contributed by atoms with Crippen LogP contribution in [-0.4, -0.2) is 40.8 Å². The average Bonchev–Trinajstić information content (AvgIpc) is 2.27. The number of carbonyl (C=O) groups excluding carboxylic acids is 1. The van der Waals surface area contributed by atoms with Gasteiger partial charge in [0.2, 0.25) is 0 Å². The zero-order valence-corrected chi connectivity index (χ0v) is 12.5. The highest BCUT2D eigenvalue weighted by molar-refractivity contribution is 5.69. The lowest BCUT2D eigenvalue weighted by molar-refractivity contribution is -0.0142. The number of pyridine rings is 1. The van der Waals surface area contributed by atoms with Crippen LogP contribution in [0.3, 0.4) is 0 Å². The lowest BCUT2D eigenvalue weighted by Crippen LogP contribution is -2.55. The van der Waals surface area contributed by atoms with Crippen molar-refractivity contribution in [2.45, 2.75) is 45.8 Å². The van der Waals surface area contributed by atoms with E-state index < -0.39 is 5.60 Å². The molecule has 2 rings (SSSR count). The van der Waals surface area contributed by atoms with Crippen molar-refractivity contribution in [1.82, 2.24) is 9.88 Å². The van der Waals surface area contributed by atoms with Crippen LogP contribution < -0.4 is 4.74 Å². The SMILES string of the molecule is Cc1ncccc1OC[C@@H]1CCN1C(=O)OC(C)(C)C. The van der Waals surface area contributed by atoms with Crippen LogP contribution in [0.2, 0.25) is 0 Å². The zero-order valence-electron chi connectivity index (χ0n) is 12.5. The standard InChI is InChI=1S/C15H22N2O3/c1-11-13(6-5-8-16-11)19-10-12-7-9-17(12)14(18)20-15(2,3)4/h5-6,8,12H,7,9-10H2,1-4H3/t12-/m0/s1. The topological polar surface area (TPSA) is 51.7 Å². The summed E-state index contributed by atoms with van der Waals surface area (Å²) in [4.78, 5) is 17.9. The van der Waals surface area contributed by atoms with Gasteiger partial charge in [-0.05, 0) is 46.2 Å². The number of hydrogen-bond donors (Lipinski definition) is 0.